The highest BCUT2D eigenvalue weighted by atomic mass is 15.2. The van der Waals surface area contributed by atoms with Gasteiger partial charge in [-0.25, -0.2) is 0 Å². The molecule has 0 spiro atoms. The van der Waals surface area contributed by atoms with E-state index < -0.39 is 0 Å². The maximum Gasteiger partial charge on any atom is 0.0709 e. The number of hydrogen-bond acceptors (Lipinski definition) is 3. The second-order valence-electron chi connectivity index (χ2n) is 9.01. The first-order chi connectivity index (χ1) is 13.9. The van der Waals surface area contributed by atoms with Crippen molar-refractivity contribution in [3.63, 3.8) is 0 Å². The van der Waals surface area contributed by atoms with Crippen LogP contribution in [-0.4, -0.2) is 43.1 Å². The highest BCUT2D eigenvalue weighted by Gasteiger charge is 2.19. The Kier molecular flexibility index (Phi) is 5.60. The van der Waals surface area contributed by atoms with Crippen LogP contribution in [0.2, 0.25) is 0 Å². The van der Waals surface area contributed by atoms with Crippen molar-refractivity contribution in [1.29, 1.82) is 0 Å². The summed E-state index contributed by atoms with van der Waals surface area (Å²) in [6, 6.07) is 15.8. The van der Waals surface area contributed by atoms with Gasteiger partial charge in [-0.15, -0.1) is 0 Å². The first kappa shape index (κ1) is 19.9. The fourth-order valence-corrected chi connectivity index (χ4v) is 4.37. The van der Waals surface area contributed by atoms with Crippen molar-refractivity contribution in [3.05, 3.63) is 59.8 Å². The third-order valence-electron chi connectivity index (χ3n) is 6.21. The van der Waals surface area contributed by atoms with Crippen molar-refractivity contribution in [1.82, 2.24) is 9.88 Å². The SMILES string of the molecule is CC(C)c1ccc(-c2cc3c(C(C)C)cccc3cn2)cc1N1CCN(C)CC1. The monoisotopic (exact) mass is 387 g/mol. The Labute approximate surface area is 175 Å². The van der Waals surface area contributed by atoms with Gasteiger partial charge in [-0.2, -0.15) is 0 Å². The molecule has 1 aromatic heterocycles. The zero-order chi connectivity index (χ0) is 20.5. The predicted molar refractivity (Wildman–Crippen MR) is 125 cm³/mol. The van der Waals surface area contributed by atoms with Crippen LogP contribution in [-0.2, 0) is 0 Å². The van der Waals surface area contributed by atoms with Crippen LogP contribution in [0.3, 0.4) is 0 Å². The molecule has 0 aliphatic carbocycles. The van der Waals surface area contributed by atoms with Crippen LogP contribution in [0.25, 0.3) is 22.0 Å². The summed E-state index contributed by atoms with van der Waals surface area (Å²) in [6.07, 6.45) is 2.03. The highest BCUT2D eigenvalue weighted by molar-refractivity contribution is 5.89. The van der Waals surface area contributed by atoms with Crippen LogP contribution >= 0.6 is 0 Å². The summed E-state index contributed by atoms with van der Waals surface area (Å²) in [4.78, 5) is 9.79. The van der Waals surface area contributed by atoms with Gasteiger partial charge in [-0.3, -0.25) is 4.98 Å². The van der Waals surface area contributed by atoms with Crippen molar-refractivity contribution >= 4 is 16.5 Å². The third kappa shape index (κ3) is 4.02. The standard InChI is InChI=1S/C26H33N3/c1-18(2)22-8-6-7-21-17-27-25(16-24(21)22)20-9-10-23(19(3)4)26(15-20)29-13-11-28(5)12-14-29/h6-10,15-19H,11-14H2,1-5H3. The molecule has 2 aromatic carbocycles. The molecule has 2 heterocycles. The van der Waals surface area contributed by atoms with Gasteiger partial charge in [0.2, 0.25) is 0 Å². The molecule has 4 rings (SSSR count). The lowest BCUT2D eigenvalue weighted by molar-refractivity contribution is 0.312. The molecule has 1 aliphatic heterocycles. The van der Waals surface area contributed by atoms with E-state index >= 15 is 0 Å². The molecule has 0 unspecified atom stereocenters. The lowest BCUT2D eigenvalue weighted by Crippen LogP contribution is -2.44. The van der Waals surface area contributed by atoms with Crippen molar-refractivity contribution in [2.75, 3.05) is 38.1 Å². The maximum absolute atomic E-state index is 4.82. The van der Waals surface area contributed by atoms with Crippen LogP contribution in [0, 0.1) is 0 Å². The minimum Gasteiger partial charge on any atom is -0.369 e. The number of nitrogens with zero attached hydrogens (tertiary/aromatic N) is 3. The normalized spacial score (nSPS) is 15.6. The molecule has 0 atom stereocenters. The van der Waals surface area contributed by atoms with Crippen LogP contribution in [0.4, 0.5) is 5.69 Å². The molecule has 29 heavy (non-hydrogen) atoms. The number of hydrogen-bond donors (Lipinski definition) is 0. The average molecular weight is 388 g/mol. The fraction of sp³-hybridized carbons (Fsp3) is 0.423. The second kappa shape index (κ2) is 8.16. The van der Waals surface area contributed by atoms with E-state index in [2.05, 4.69) is 87.0 Å². The van der Waals surface area contributed by atoms with Gasteiger partial charge in [0.15, 0.2) is 0 Å². The third-order valence-corrected chi connectivity index (χ3v) is 6.21. The summed E-state index contributed by atoms with van der Waals surface area (Å²) in [5.41, 5.74) is 6.48. The van der Waals surface area contributed by atoms with Gasteiger partial charge < -0.3 is 9.80 Å². The molecular weight excluding hydrogens is 354 g/mol. The van der Waals surface area contributed by atoms with Gasteiger partial charge in [-0.05, 0) is 47.5 Å². The molecule has 0 amide bonds. The van der Waals surface area contributed by atoms with Crippen LogP contribution in [0.1, 0.15) is 50.7 Å². The van der Waals surface area contributed by atoms with Crippen molar-refractivity contribution in [3.8, 4) is 11.3 Å². The Morgan fingerprint density at radius 1 is 0.828 bits per heavy atom. The molecule has 0 N–H and O–H groups in total. The molecule has 3 aromatic rings. The van der Waals surface area contributed by atoms with Gasteiger partial charge in [0.25, 0.3) is 0 Å². The highest BCUT2D eigenvalue weighted by Crippen LogP contribution is 2.34. The number of fused-ring (bicyclic) bond motifs is 1. The van der Waals surface area contributed by atoms with Gasteiger partial charge in [0, 0.05) is 49.0 Å². The Balaban J connectivity index is 1.79. The average Bonchev–Trinajstić information content (AvgIpc) is 2.73. The maximum atomic E-state index is 4.82. The number of benzene rings is 2. The van der Waals surface area contributed by atoms with Crippen molar-refractivity contribution < 1.29 is 0 Å². The summed E-state index contributed by atoms with van der Waals surface area (Å²) in [5.74, 6) is 1.01. The Bertz CT molecular complexity index is 998. The van der Waals surface area contributed by atoms with Crippen LogP contribution < -0.4 is 4.90 Å². The molecule has 3 nitrogen and oxygen atoms in total. The Morgan fingerprint density at radius 2 is 1.55 bits per heavy atom. The number of anilines is 1. The van der Waals surface area contributed by atoms with E-state index in [1.54, 1.807) is 0 Å². The largest absolute Gasteiger partial charge is 0.369 e. The fourth-order valence-electron chi connectivity index (χ4n) is 4.37. The zero-order valence-corrected chi connectivity index (χ0v) is 18.4. The number of pyridine rings is 1. The first-order valence-corrected chi connectivity index (χ1v) is 10.9. The number of rotatable bonds is 4. The number of piperazine rings is 1. The number of aromatic nitrogens is 1. The van der Waals surface area contributed by atoms with Gasteiger partial charge in [-0.1, -0.05) is 58.0 Å². The molecule has 1 aliphatic rings. The van der Waals surface area contributed by atoms with E-state index in [-0.39, 0.29) is 0 Å². The quantitative estimate of drug-likeness (QED) is 0.555. The van der Waals surface area contributed by atoms with Gasteiger partial charge in [0.1, 0.15) is 0 Å². The van der Waals surface area contributed by atoms with E-state index in [4.69, 9.17) is 4.98 Å². The molecule has 3 heteroatoms. The zero-order valence-electron chi connectivity index (χ0n) is 18.4. The summed E-state index contributed by atoms with van der Waals surface area (Å²) in [6.45, 7) is 13.5. The molecule has 0 bridgehead atoms. The second-order valence-corrected chi connectivity index (χ2v) is 9.01. The van der Waals surface area contributed by atoms with E-state index in [0.717, 1.165) is 31.9 Å². The summed E-state index contributed by atoms with van der Waals surface area (Å²) >= 11 is 0. The Morgan fingerprint density at radius 3 is 2.24 bits per heavy atom. The Hall–Kier alpha value is -2.39. The van der Waals surface area contributed by atoms with E-state index in [1.165, 1.54) is 33.2 Å². The molecule has 0 radical (unpaired) electrons. The van der Waals surface area contributed by atoms with E-state index in [9.17, 15) is 0 Å². The molecule has 0 saturated carbocycles. The van der Waals surface area contributed by atoms with Crippen molar-refractivity contribution in [2.45, 2.75) is 39.5 Å². The molecule has 1 saturated heterocycles. The first-order valence-electron chi connectivity index (χ1n) is 10.9. The lowest BCUT2D eigenvalue weighted by Gasteiger charge is -2.36. The minimum absolute atomic E-state index is 0.498. The van der Waals surface area contributed by atoms with Crippen LogP contribution in [0.15, 0.2) is 48.7 Å². The molecule has 152 valence electrons. The molecule has 1 fully saturated rings. The summed E-state index contributed by atoms with van der Waals surface area (Å²) in [5, 5.41) is 2.54. The van der Waals surface area contributed by atoms with E-state index in [1.807, 2.05) is 6.20 Å². The smallest absolute Gasteiger partial charge is 0.0709 e. The topological polar surface area (TPSA) is 19.4 Å². The number of likely N-dealkylation sites (N-methyl/N-ethyl adjacent to an activating group) is 1. The molecular formula is C26H33N3. The predicted octanol–water partition coefficient (Wildman–Crippen LogP) is 5.90. The van der Waals surface area contributed by atoms with Crippen LogP contribution in [0.5, 0.6) is 0 Å². The minimum atomic E-state index is 0.498. The van der Waals surface area contributed by atoms with Gasteiger partial charge >= 0.3 is 0 Å². The summed E-state index contributed by atoms with van der Waals surface area (Å²) in [7, 11) is 2.21. The summed E-state index contributed by atoms with van der Waals surface area (Å²) < 4.78 is 0. The van der Waals surface area contributed by atoms with Gasteiger partial charge in [0.05, 0.1) is 5.69 Å². The van der Waals surface area contributed by atoms with E-state index in [0.29, 0.717) is 11.8 Å². The van der Waals surface area contributed by atoms with Crippen molar-refractivity contribution in [2.24, 2.45) is 0 Å². The lowest BCUT2D eigenvalue weighted by atomic mass is 9.94.